The summed E-state index contributed by atoms with van der Waals surface area (Å²) in [5.74, 6) is 0.791. The van der Waals surface area contributed by atoms with Gasteiger partial charge in [0.2, 0.25) is 0 Å². The van der Waals surface area contributed by atoms with E-state index in [1.54, 1.807) is 13.3 Å². The van der Waals surface area contributed by atoms with Crippen LogP contribution in [0, 0.1) is 0 Å². The van der Waals surface area contributed by atoms with E-state index in [4.69, 9.17) is 4.74 Å². The van der Waals surface area contributed by atoms with E-state index < -0.39 is 6.10 Å². The topological polar surface area (TPSA) is 47.3 Å². The molecule has 1 atom stereocenters. The van der Waals surface area contributed by atoms with Crippen molar-refractivity contribution in [3.63, 3.8) is 0 Å². The molecule has 1 N–H and O–H groups in total. The Bertz CT molecular complexity index is 569. The van der Waals surface area contributed by atoms with Crippen LogP contribution in [-0.4, -0.2) is 22.0 Å². The first-order valence-electron chi connectivity index (χ1n) is 6.67. The Kier molecular flexibility index (Phi) is 5.20. The van der Waals surface area contributed by atoms with Gasteiger partial charge < -0.3 is 9.84 Å². The Morgan fingerprint density at radius 3 is 2.90 bits per heavy atom. The molecule has 2 rings (SSSR count). The van der Waals surface area contributed by atoms with Crippen LogP contribution in [0.15, 0.2) is 35.1 Å². The summed E-state index contributed by atoms with van der Waals surface area (Å²) in [5, 5.41) is 14.5. The first-order valence-corrected chi connectivity index (χ1v) is 7.46. The maximum Gasteiger partial charge on any atom is 0.133 e. The second-order valence-electron chi connectivity index (χ2n) is 4.73. The lowest BCUT2D eigenvalue weighted by Crippen LogP contribution is -2.01. The third-order valence-corrected chi connectivity index (χ3v) is 3.76. The molecule has 0 bridgehead atoms. The number of benzene rings is 1. The summed E-state index contributed by atoms with van der Waals surface area (Å²) in [6, 6.07) is 5.83. The molecule has 0 amide bonds. The van der Waals surface area contributed by atoms with E-state index in [1.165, 1.54) is 0 Å². The molecule has 0 aliphatic heterocycles. The fourth-order valence-corrected chi connectivity index (χ4v) is 2.67. The van der Waals surface area contributed by atoms with Crippen molar-refractivity contribution in [3.8, 4) is 5.75 Å². The molecule has 4 nitrogen and oxygen atoms in total. The number of aryl methyl sites for hydroxylation is 1. The summed E-state index contributed by atoms with van der Waals surface area (Å²) < 4.78 is 7.96. The Hall–Kier alpha value is -1.33. The lowest BCUT2D eigenvalue weighted by molar-refractivity contribution is 0.178. The highest BCUT2D eigenvalue weighted by Gasteiger charge is 2.12. The summed E-state index contributed by atoms with van der Waals surface area (Å²) in [7, 11) is 1.64. The Morgan fingerprint density at radius 2 is 2.25 bits per heavy atom. The number of aliphatic hydroxyl groups excluding tert-OH is 1. The van der Waals surface area contributed by atoms with Crippen molar-refractivity contribution < 1.29 is 9.84 Å². The van der Waals surface area contributed by atoms with E-state index in [2.05, 4.69) is 28.0 Å². The highest BCUT2D eigenvalue weighted by atomic mass is 79.9. The molecular weight excluding hydrogens is 320 g/mol. The van der Waals surface area contributed by atoms with Crippen molar-refractivity contribution in [2.24, 2.45) is 0 Å². The number of rotatable bonds is 6. The zero-order chi connectivity index (χ0) is 14.5. The molecule has 0 spiro atoms. The highest BCUT2D eigenvalue weighted by Crippen LogP contribution is 2.27. The number of ether oxygens (including phenoxy) is 1. The molecule has 0 aliphatic rings. The molecule has 1 unspecified atom stereocenters. The van der Waals surface area contributed by atoms with Crippen molar-refractivity contribution in [2.45, 2.75) is 32.4 Å². The first-order chi connectivity index (χ1) is 9.63. The van der Waals surface area contributed by atoms with Crippen molar-refractivity contribution in [3.05, 3.63) is 46.2 Å². The molecule has 0 radical (unpaired) electrons. The van der Waals surface area contributed by atoms with E-state index in [0.717, 1.165) is 34.3 Å². The molecule has 1 aromatic carbocycles. The highest BCUT2D eigenvalue weighted by molar-refractivity contribution is 9.10. The number of nitrogens with zero attached hydrogens (tertiary/aromatic N) is 2. The number of methoxy groups -OCH3 is 1. The molecule has 1 aromatic heterocycles. The van der Waals surface area contributed by atoms with E-state index in [0.29, 0.717) is 6.42 Å². The average molecular weight is 339 g/mol. The van der Waals surface area contributed by atoms with Crippen molar-refractivity contribution in [1.82, 2.24) is 9.78 Å². The van der Waals surface area contributed by atoms with Gasteiger partial charge in [0, 0.05) is 24.7 Å². The largest absolute Gasteiger partial charge is 0.496 e. The number of aromatic nitrogens is 2. The molecule has 5 heteroatoms. The van der Waals surface area contributed by atoms with Crippen LogP contribution in [0.3, 0.4) is 0 Å². The molecule has 0 saturated heterocycles. The van der Waals surface area contributed by atoms with Gasteiger partial charge in [0.1, 0.15) is 5.75 Å². The molecule has 0 saturated carbocycles. The van der Waals surface area contributed by atoms with Crippen molar-refractivity contribution in [2.75, 3.05) is 7.11 Å². The van der Waals surface area contributed by atoms with Gasteiger partial charge in [0.25, 0.3) is 0 Å². The number of aliphatic hydroxyl groups is 1. The third-order valence-electron chi connectivity index (χ3n) is 3.14. The van der Waals surface area contributed by atoms with Gasteiger partial charge in [-0.05, 0) is 40.0 Å². The van der Waals surface area contributed by atoms with Crippen LogP contribution in [0.1, 0.15) is 30.6 Å². The Labute approximate surface area is 127 Å². The SMILES string of the molecule is CCCn1cc(C(O)Cc2ccc(OC)c(Br)c2)cn1. The van der Waals surface area contributed by atoms with E-state index >= 15 is 0 Å². The van der Waals surface area contributed by atoms with Gasteiger partial charge in [-0.1, -0.05) is 13.0 Å². The minimum absolute atomic E-state index is 0.541. The zero-order valence-corrected chi connectivity index (χ0v) is 13.3. The van der Waals surface area contributed by atoms with Crippen LogP contribution in [0.25, 0.3) is 0 Å². The third kappa shape index (κ3) is 3.61. The molecule has 0 aliphatic carbocycles. The van der Waals surface area contributed by atoms with Crippen LogP contribution in [0.4, 0.5) is 0 Å². The van der Waals surface area contributed by atoms with Crippen LogP contribution >= 0.6 is 15.9 Å². The van der Waals surface area contributed by atoms with Gasteiger partial charge in [-0.2, -0.15) is 5.10 Å². The summed E-state index contributed by atoms with van der Waals surface area (Å²) >= 11 is 3.46. The second kappa shape index (κ2) is 6.90. The van der Waals surface area contributed by atoms with Crippen LogP contribution in [-0.2, 0) is 13.0 Å². The normalized spacial score (nSPS) is 12.4. The van der Waals surface area contributed by atoms with E-state index in [9.17, 15) is 5.11 Å². The molecule has 1 heterocycles. The van der Waals surface area contributed by atoms with Gasteiger partial charge in [0.15, 0.2) is 0 Å². The smallest absolute Gasteiger partial charge is 0.133 e. The van der Waals surface area contributed by atoms with Gasteiger partial charge in [0.05, 0.1) is 23.9 Å². The quantitative estimate of drug-likeness (QED) is 0.878. The first kappa shape index (κ1) is 15.1. The monoisotopic (exact) mass is 338 g/mol. The molecule has 2 aromatic rings. The van der Waals surface area contributed by atoms with Crippen LogP contribution in [0.2, 0.25) is 0 Å². The predicted octanol–water partition coefficient (Wildman–Crippen LogP) is 3.34. The minimum atomic E-state index is -0.541. The molecular formula is C15H19BrN2O2. The minimum Gasteiger partial charge on any atom is -0.496 e. The average Bonchev–Trinajstić information content (AvgIpc) is 2.88. The second-order valence-corrected chi connectivity index (χ2v) is 5.58. The zero-order valence-electron chi connectivity index (χ0n) is 11.7. The Balaban J connectivity index is 2.06. The fourth-order valence-electron chi connectivity index (χ4n) is 2.08. The summed E-state index contributed by atoms with van der Waals surface area (Å²) in [5.41, 5.74) is 1.90. The predicted molar refractivity (Wildman–Crippen MR) is 81.9 cm³/mol. The number of hydrogen-bond acceptors (Lipinski definition) is 3. The lowest BCUT2D eigenvalue weighted by Gasteiger charge is -2.10. The fraction of sp³-hybridized carbons (Fsp3) is 0.400. The van der Waals surface area contributed by atoms with E-state index in [1.807, 2.05) is 29.1 Å². The molecule has 20 heavy (non-hydrogen) atoms. The maximum atomic E-state index is 10.3. The van der Waals surface area contributed by atoms with E-state index in [-0.39, 0.29) is 0 Å². The Morgan fingerprint density at radius 1 is 1.45 bits per heavy atom. The molecule has 108 valence electrons. The summed E-state index contributed by atoms with van der Waals surface area (Å²) in [6.45, 7) is 2.98. The molecule has 0 fully saturated rings. The number of hydrogen-bond donors (Lipinski definition) is 1. The summed E-state index contributed by atoms with van der Waals surface area (Å²) in [4.78, 5) is 0. The van der Waals surface area contributed by atoms with Gasteiger partial charge in [-0.3, -0.25) is 4.68 Å². The lowest BCUT2D eigenvalue weighted by atomic mass is 10.0. The van der Waals surface area contributed by atoms with Gasteiger partial charge in [-0.15, -0.1) is 0 Å². The summed E-state index contributed by atoms with van der Waals surface area (Å²) in [6.07, 6.45) is 4.69. The van der Waals surface area contributed by atoms with Gasteiger partial charge in [-0.25, -0.2) is 0 Å². The van der Waals surface area contributed by atoms with Crippen molar-refractivity contribution in [1.29, 1.82) is 0 Å². The maximum absolute atomic E-state index is 10.3. The standard InChI is InChI=1S/C15H19BrN2O2/c1-3-6-18-10-12(9-17-18)14(19)8-11-4-5-15(20-2)13(16)7-11/h4-5,7,9-10,14,19H,3,6,8H2,1-2H3. The van der Waals surface area contributed by atoms with Gasteiger partial charge >= 0.3 is 0 Å². The van der Waals surface area contributed by atoms with Crippen LogP contribution in [0.5, 0.6) is 5.75 Å². The van der Waals surface area contributed by atoms with Crippen LogP contribution < -0.4 is 4.74 Å². The van der Waals surface area contributed by atoms with Crippen molar-refractivity contribution >= 4 is 15.9 Å². The number of halogens is 1.